The quantitative estimate of drug-likeness (QED) is 0.148. The van der Waals surface area contributed by atoms with Crippen LogP contribution in [0.25, 0.3) is 49.0 Å². The Labute approximate surface area is 197 Å². The molecule has 0 aliphatic heterocycles. The molecule has 3 aromatic carbocycles. The lowest BCUT2D eigenvalue weighted by molar-refractivity contribution is -0.643. The minimum absolute atomic E-state index is 0.0655. The van der Waals surface area contributed by atoms with Crippen LogP contribution >= 0.6 is 0 Å². The van der Waals surface area contributed by atoms with E-state index in [-0.39, 0.29) is 16.5 Å². The van der Waals surface area contributed by atoms with Crippen molar-refractivity contribution in [3.8, 4) is 0 Å². The molecule has 0 saturated carbocycles. The van der Waals surface area contributed by atoms with Crippen molar-refractivity contribution in [2.24, 2.45) is 12.5 Å². The van der Waals surface area contributed by atoms with E-state index in [1.807, 2.05) is 24.7 Å². The lowest BCUT2D eigenvalue weighted by Gasteiger charge is -2.18. The molecule has 0 aliphatic rings. The van der Waals surface area contributed by atoms with Crippen molar-refractivity contribution in [1.82, 2.24) is 4.40 Å². The third-order valence-electron chi connectivity index (χ3n) is 6.85. The summed E-state index contributed by atoms with van der Waals surface area (Å²) < 4.78 is 54.3. The van der Waals surface area contributed by atoms with Crippen LogP contribution in [-0.2, 0) is 13.5 Å². The number of benzene rings is 3. The van der Waals surface area contributed by atoms with Crippen LogP contribution in [0.1, 0.15) is 51.2 Å². The summed E-state index contributed by atoms with van der Waals surface area (Å²) in [7, 11) is 1.94. The molecule has 0 saturated heterocycles. The van der Waals surface area contributed by atoms with E-state index in [0.717, 1.165) is 44.5 Å². The summed E-state index contributed by atoms with van der Waals surface area (Å²) in [6, 6.07) is 14.2. The van der Waals surface area contributed by atoms with Crippen LogP contribution in [-0.4, -0.2) is 4.40 Å². The zero-order valence-electron chi connectivity index (χ0n) is 25.2. The Hall–Kier alpha value is -3.13. The van der Waals surface area contributed by atoms with Crippen molar-refractivity contribution in [3.05, 3.63) is 70.9 Å². The van der Waals surface area contributed by atoms with E-state index in [9.17, 15) is 0 Å². The van der Waals surface area contributed by atoms with Gasteiger partial charge in [0, 0.05) is 25.1 Å². The number of hydrogen-bond acceptors (Lipinski definition) is 0. The van der Waals surface area contributed by atoms with Crippen molar-refractivity contribution >= 4 is 49.0 Å². The molecular weight excluding hydrogens is 388 g/mol. The van der Waals surface area contributed by atoms with Gasteiger partial charge in [0.1, 0.15) is 7.05 Å². The summed E-state index contributed by atoms with van der Waals surface area (Å²) in [4.78, 5) is 0. The molecule has 2 heteroatoms. The van der Waals surface area contributed by atoms with Gasteiger partial charge in [0.05, 0.1) is 27.3 Å². The normalized spacial score (nSPS) is 16.5. The molecule has 3 aromatic heterocycles. The minimum Gasteiger partial charge on any atom is -0.307 e. The lowest BCUT2D eigenvalue weighted by atomic mass is 9.88. The van der Waals surface area contributed by atoms with Crippen molar-refractivity contribution < 1.29 is 12.8 Å². The van der Waals surface area contributed by atoms with E-state index in [4.69, 9.17) is 8.22 Å². The maximum atomic E-state index is 8.51. The van der Waals surface area contributed by atoms with E-state index >= 15 is 0 Å². The number of aryl methyl sites for hydroxylation is 4. The lowest BCUT2D eigenvalue weighted by Crippen LogP contribution is -2.29. The first-order chi connectivity index (χ1) is 17.6. The molecule has 2 nitrogen and oxygen atoms in total. The van der Waals surface area contributed by atoms with Gasteiger partial charge in [0.25, 0.3) is 0 Å². The summed E-state index contributed by atoms with van der Waals surface area (Å²) in [5.41, 5.74) is 5.32. The summed E-state index contributed by atoms with van der Waals surface area (Å²) >= 11 is 0. The van der Waals surface area contributed by atoms with E-state index in [0.29, 0.717) is 16.5 Å². The van der Waals surface area contributed by atoms with Gasteiger partial charge in [-0.2, -0.15) is 0 Å². The molecular formula is C30H31N2+. The Balaban J connectivity index is 2.00. The number of rotatable bonds is 1. The minimum atomic E-state index is -2.51. The number of nitrogens with zero attached hydrogens (tertiary/aromatic N) is 2. The summed E-state index contributed by atoms with van der Waals surface area (Å²) in [6.45, 7) is 3.47. The van der Waals surface area contributed by atoms with Crippen molar-refractivity contribution in [2.45, 2.75) is 47.8 Å². The van der Waals surface area contributed by atoms with Crippen LogP contribution in [0.5, 0.6) is 0 Å². The van der Waals surface area contributed by atoms with Crippen LogP contribution < -0.4 is 4.57 Å². The predicted octanol–water partition coefficient (Wildman–Crippen LogP) is 7.33. The maximum absolute atomic E-state index is 8.51. The molecule has 0 spiro atoms. The van der Waals surface area contributed by atoms with E-state index < -0.39 is 13.7 Å². The molecule has 32 heavy (non-hydrogen) atoms. The van der Waals surface area contributed by atoms with E-state index in [1.54, 1.807) is 0 Å². The van der Waals surface area contributed by atoms with Gasteiger partial charge in [-0.05, 0) is 66.2 Å². The van der Waals surface area contributed by atoms with Crippen molar-refractivity contribution in [3.63, 3.8) is 0 Å². The largest absolute Gasteiger partial charge is 0.307 e. The zero-order chi connectivity index (χ0) is 27.5. The average Bonchev–Trinajstić information content (AvgIpc) is 3.11. The van der Waals surface area contributed by atoms with E-state index in [1.165, 1.54) is 11.6 Å². The van der Waals surface area contributed by atoms with Gasteiger partial charge in [0.15, 0.2) is 6.20 Å². The predicted molar refractivity (Wildman–Crippen MR) is 137 cm³/mol. The SMILES string of the molecule is [2H]C([2H])([2H])c1cc(C([2H])([2H])[2H])c2c(c1C)c1c3c(ccc4c5ccc(CC(C)(C)C)cc5n2c43)cc[n+]1C. The molecule has 0 bridgehead atoms. The number of hydrogen-bond donors (Lipinski definition) is 0. The second kappa shape index (κ2) is 6.22. The van der Waals surface area contributed by atoms with Crippen molar-refractivity contribution in [2.75, 3.05) is 0 Å². The van der Waals surface area contributed by atoms with Gasteiger partial charge < -0.3 is 4.40 Å². The molecule has 0 aliphatic carbocycles. The molecule has 0 N–H and O–H groups in total. The number of pyridine rings is 2. The van der Waals surface area contributed by atoms with Gasteiger partial charge in [-0.1, -0.05) is 51.1 Å². The van der Waals surface area contributed by atoms with Crippen LogP contribution in [0.4, 0.5) is 0 Å². The fraction of sp³-hybridized carbons (Fsp3) is 0.300. The Morgan fingerprint density at radius 1 is 0.906 bits per heavy atom. The summed E-state index contributed by atoms with van der Waals surface area (Å²) in [5, 5.41) is 4.83. The second-order valence-corrected chi connectivity index (χ2v) is 10.4. The molecule has 0 atom stereocenters. The summed E-state index contributed by atoms with van der Waals surface area (Å²) in [6.07, 6.45) is 2.84. The van der Waals surface area contributed by atoms with Crippen LogP contribution in [0.15, 0.2) is 48.7 Å². The van der Waals surface area contributed by atoms with Gasteiger partial charge in [-0.25, -0.2) is 4.57 Å². The Kier molecular flexibility index (Phi) is 2.74. The first-order valence-corrected chi connectivity index (χ1v) is 11.2. The Morgan fingerprint density at radius 2 is 1.69 bits per heavy atom. The molecule has 160 valence electrons. The molecule has 0 fully saturated rings. The topological polar surface area (TPSA) is 8.29 Å². The van der Waals surface area contributed by atoms with Gasteiger partial charge >= 0.3 is 0 Å². The average molecular weight is 426 g/mol. The Bertz CT molecular complexity index is 1920. The standard InChI is InChI=1S/C30H31N2/c1-17-14-18(2)27-25(19(17)3)29-26-21(12-13-31(29)7)9-11-23-22-10-8-20(16-30(4,5)6)15-24(22)32(27)28(23)26/h8-15H,16H2,1-7H3/q+1/i1D3,2D3. The van der Waals surface area contributed by atoms with Crippen LogP contribution in [0, 0.1) is 26.0 Å². The van der Waals surface area contributed by atoms with Crippen LogP contribution in [0.2, 0.25) is 0 Å². The highest BCUT2D eigenvalue weighted by Gasteiger charge is 2.25. The first-order valence-electron chi connectivity index (χ1n) is 14.2. The first kappa shape index (κ1) is 14.1. The smallest absolute Gasteiger partial charge is 0.224 e. The molecule has 6 rings (SSSR count). The fourth-order valence-corrected chi connectivity index (χ4v) is 5.54. The third-order valence-corrected chi connectivity index (χ3v) is 6.85. The molecule has 0 radical (unpaired) electrons. The highest BCUT2D eigenvalue weighted by molar-refractivity contribution is 6.27. The highest BCUT2D eigenvalue weighted by Crippen LogP contribution is 2.42. The molecule has 0 unspecified atom stereocenters. The third kappa shape index (κ3) is 2.50. The number of aromatic nitrogens is 2. The van der Waals surface area contributed by atoms with Crippen molar-refractivity contribution in [1.29, 1.82) is 0 Å². The maximum Gasteiger partial charge on any atom is 0.224 e. The van der Waals surface area contributed by atoms with E-state index in [2.05, 4.69) is 61.6 Å². The van der Waals surface area contributed by atoms with Gasteiger partial charge in [-0.15, -0.1) is 0 Å². The fourth-order valence-electron chi connectivity index (χ4n) is 5.54. The zero-order valence-corrected chi connectivity index (χ0v) is 19.2. The highest BCUT2D eigenvalue weighted by atomic mass is 15.0. The molecule has 0 amide bonds. The molecule has 3 heterocycles. The summed E-state index contributed by atoms with van der Waals surface area (Å²) in [5.74, 6) is 0. The number of fused-ring (bicyclic) bond motifs is 6. The second-order valence-electron chi connectivity index (χ2n) is 10.4. The monoisotopic (exact) mass is 425 g/mol. The van der Waals surface area contributed by atoms with Gasteiger partial charge in [0.2, 0.25) is 5.52 Å². The Morgan fingerprint density at radius 3 is 2.44 bits per heavy atom. The molecule has 6 aromatic rings. The van der Waals surface area contributed by atoms with Crippen LogP contribution in [0.3, 0.4) is 0 Å². The van der Waals surface area contributed by atoms with Gasteiger partial charge in [-0.3, -0.25) is 0 Å².